The normalized spacial score (nSPS) is 32.3. The Bertz CT molecular complexity index is 660. The molecular formula is C14H16INO6. The van der Waals surface area contributed by atoms with Crippen LogP contribution in [0.5, 0.6) is 5.75 Å². The summed E-state index contributed by atoms with van der Waals surface area (Å²) in [4.78, 5) is 3.04. The molecule has 0 saturated carbocycles. The molecule has 5 atom stereocenters. The second kappa shape index (κ2) is 6.30. The molecule has 2 heterocycles. The predicted octanol–water partition coefficient (Wildman–Crippen LogP) is -0.0488. The Morgan fingerprint density at radius 3 is 2.68 bits per heavy atom. The number of rotatable bonds is 3. The molecule has 0 amide bonds. The van der Waals surface area contributed by atoms with Crippen LogP contribution < -0.4 is 4.74 Å². The standard InChI is InChI=1S/C14H16INO6/c15-6-1-2-8-7(3-6)9(4-16-8)21-14-13(20)12(19)11(18)10(5-17)22-14/h1-4,10-14,16-20H,5H2/t10-,11+,12+,13+,14-/m1/s1. The average molecular weight is 421 g/mol. The molecular weight excluding hydrogens is 405 g/mol. The predicted molar refractivity (Wildman–Crippen MR) is 85.4 cm³/mol. The molecule has 8 heteroatoms. The van der Waals surface area contributed by atoms with Crippen molar-refractivity contribution in [3.63, 3.8) is 0 Å². The molecule has 0 radical (unpaired) electrons. The summed E-state index contributed by atoms with van der Waals surface area (Å²) in [6, 6.07) is 5.75. The number of H-pyrrole nitrogens is 1. The van der Waals surface area contributed by atoms with Crippen molar-refractivity contribution in [1.82, 2.24) is 4.98 Å². The highest BCUT2D eigenvalue weighted by Gasteiger charge is 2.44. The lowest BCUT2D eigenvalue weighted by molar-refractivity contribution is -0.277. The SMILES string of the molecule is OC[C@H]1O[C@@H](Oc2c[nH]c3ccc(I)cc23)[C@@H](O)[C@@H](O)[C@H]1O. The van der Waals surface area contributed by atoms with E-state index in [0.29, 0.717) is 5.75 Å². The number of hydrogen-bond acceptors (Lipinski definition) is 6. The van der Waals surface area contributed by atoms with E-state index in [2.05, 4.69) is 27.6 Å². The van der Waals surface area contributed by atoms with Gasteiger partial charge in [-0.25, -0.2) is 0 Å². The van der Waals surface area contributed by atoms with Gasteiger partial charge in [-0.1, -0.05) is 0 Å². The molecule has 0 spiro atoms. The summed E-state index contributed by atoms with van der Waals surface area (Å²) < 4.78 is 12.0. The van der Waals surface area contributed by atoms with Gasteiger partial charge in [0.1, 0.15) is 30.2 Å². The minimum atomic E-state index is -1.46. The summed E-state index contributed by atoms with van der Waals surface area (Å²) >= 11 is 2.18. The fraction of sp³-hybridized carbons (Fsp3) is 0.429. The Balaban J connectivity index is 1.85. The van der Waals surface area contributed by atoms with E-state index in [-0.39, 0.29) is 0 Å². The number of aliphatic hydroxyl groups excluding tert-OH is 4. The first-order valence-corrected chi connectivity index (χ1v) is 7.83. The number of fused-ring (bicyclic) bond motifs is 1. The summed E-state index contributed by atoms with van der Waals surface area (Å²) in [5, 5.41) is 39.5. The number of halogens is 1. The molecule has 1 aliphatic heterocycles. The van der Waals surface area contributed by atoms with Crippen molar-refractivity contribution in [2.24, 2.45) is 0 Å². The zero-order chi connectivity index (χ0) is 15.9. The number of hydrogen-bond donors (Lipinski definition) is 5. The zero-order valence-corrected chi connectivity index (χ0v) is 13.5. The van der Waals surface area contributed by atoms with Crippen LogP contribution in [0.25, 0.3) is 10.9 Å². The zero-order valence-electron chi connectivity index (χ0n) is 11.4. The van der Waals surface area contributed by atoms with E-state index < -0.39 is 37.3 Å². The van der Waals surface area contributed by atoms with Crippen LogP contribution in [-0.2, 0) is 4.74 Å². The van der Waals surface area contributed by atoms with Gasteiger partial charge in [0, 0.05) is 20.7 Å². The highest BCUT2D eigenvalue weighted by Crippen LogP contribution is 2.30. The summed E-state index contributed by atoms with van der Waals surface area (Å²) in [6.45, 7) is -0.489. The molecule has 5 N–H and O–H groups in total. The van der Waals surface area contributed by atoms with Crippen molar-refractivity contribution in [3.8, 4) is 5.75 Å². The molecule has 22 heavy (non-hydrogen) atoms. The van der Waals surface area contributed by atoms with Crippen molar-refractivity contribution in [3.05, 3.63) is 28.0 Å². The molecule has 1 aliphatic rings. The van der Waals surface area contributed by atoms with Crippen molar-refractivity contribution >= 4 is 33.5 Å². The van der Waals surface area contributed by atoms with Crippen molar-refractivity contribution in [1.29, 1.82) is 0 Å². The van der Waals surface area contributed by atoms with Gasteiger partial charge in [0.25, 0.3) is 0 Å². The maximum Gasteiger partial charge on any atom is 0.229 e. The molecule has 3 rings (SSSR count). The molecule has 0 bridgehead atoms. The maximum atomic E-state index is 9.99. The van der Waals surface area contributed by atoms with Crippen molar-refractivity contribution in [2.45, 2.75) is 30.7 Å². The van der Waals surface area contributed by atoms with Gasteiger partial charge < -0.3 is 34.9 Å². The number of aromatic amines is 1. The van der Waals surface area contributed by atoms with Crippen LogP contribution in [0.1, 0.15) is 0 Å². The fourth-order valence-corrected chi connectivity index (χ4v) is 2.95. The van der Waals surface area contributed by atoms with E-state index >= 15 is 0 Å². The Morgan fingerprint density at radius 1 is 1.18 bits per heavy atom. The third kappa shape index (κ3) is 2.82. The topological polar surface area (TPSA) is 115 Å². The Labute approximate surface area is 139 Å². The number of benzene rings is 1. The third-order valence-electron chi connectivity index (χ3n) is 3.70. The van der Waals surface area contributed by atoms with E-state index in [9.17, 15) is 20.4 Å². The van der Waals surface area contributed by atoms with E-state index in [1.807, 2.05) is 18.2 Å². The first kappa shape index (κ1) is 16.0. The molecule has 0 aliphatic carbocycles. The monoisotopic (exact) mass is 421 g/mol. The van der Waals surface area contributed by atoms with E-state index in [4.69, 9.17) is 9.47 Å². The van der Waals surface area contributed by atoms with Gasteiger partial charge in [-0.05, 0) is 40.8 Å². The molecule has 1 aromatic heterocycles. The largest absolute Gasteiger partial charge is 0.460 e. The maximum absolute atomic E-state index is 9.99. The lowest BCUT2D eigenvalue weighted by atomic mass is 9.99. The van der Waals surface area contributed by atoms with Crippen molar-refractivity contribution in [2.75, 3.05) is 6.61 Å². The lowest BCUT2D eigenvalue weighted by Gasteiger charge is -2.39. The van der Waals surface area contributed by atoms with Crippen LogP contribution in [0.15, 0.2) is 24.4 Å². The molecule has 2 aromatic rings. The number of aliphatic hydroxyl groups is 4. The van der Waals surface area contributed by atoms with Gasteiger partial charge >= 0.3 is 0 Å². The van der Waals surface area contributed by atoms with E-state index in [0.717, 1.165) is 14.5 Å². The lowest BCUT2D eigenvalue weighted by Crippen LogP contribution is -2.60. The van der Waals surface area contributed by atoms with Gasteiger partial charge in [-0.3, -0.25) is 0 Å². The smallest absolute Gasteiger partial charge is 0.229 e. The molecule has 1 fully saturated rings. The van der Waals surface area contributed by atoms with Crippen LogP contribution in [0.2, 0.25) is 0 Å². The second-order valence-electron chi connectivity index (χ2n) is 5.16. The highest BCUT2D eigenvalue weighted by atomic mass is 127. The molecule has 1 aromatic carbocycles. The van der Waals surface area contributed by atoms with E-state index in [1.165, 1.54) is 0 Å². The van der Waals surface area contributed by atoms with Gasteiger partial charge in [0.05, 0.1) is 6.61 Å². The second-order valence-corrected chi connectivity index (χ2v) is 6.40. The van der Waals surface area contributed by atoms with Gasteiger partial charge in [-0.15, -0.1) is 0 Å². The highest BCUT2D eigenvalue weighted by molar-refractivity contribution is 14.1. The van der Waals surface area contributed by atoms with Gasteiger partial charge in [0.2, 0.25) is 6.29 Å². The van der Waals surface area contributed by atoms with Gasteiger partial charge in [0.15, 0.2) is 0 Å². The molecule has 0 unspecified atom stereocenters. The summed E-state index contributed by atoms with van der Waals surface area (Å²) in [7, 11) is 0. The fourth-order valence-electron chi connectivity index (χ4n) is 2.45. The summed E-state index contributed by atoms with van der Waals surface area (Å²) in [6.07, 6.45) is -4.83. The van der Waals surface area contributed by atoms with Crippen LogP contribution in [0, 0.1) is 3.57 Å². The first-order valence-electron chi connectivity index (χ1n) is 6.75. The third-order valence-corrected chi connectivity index (χ3v) is 4.37. The number of nitrogens with one attached hydrogen (secondary N) is 1. The number of ether oxygens (including phenoxy) is 2. The van der Waals surface area contributed by atoms with Gasteiger partial charge in [-0.2, -0.15) is 0 Å². The van der Waals surface area contributed by atoms with Crippen LogP contribution in [-0.4, -0.2) is 62.7 Å². The molecule has 1 saturated heterocycles. The summed E-state index contributed by atoms with van der Waals surface area (Å²) in [5.74, 6) is 0.456. The Kier molecular flexibility index (Phi) is 4.57. The van der Waals surface area contributed by atoms with Crippen LogP contribution >= 0.6 is 22.6 Å². The molecule has 120 valence electrons. The quantitative estimate of drug-likeness (QED) is 0.444. The average Bonchev–Trinajstić information content (AvgIpc) is 2.90. The molecule has 7 nitrogen and oxygen atoms in total. The van der Waals surface area contributed by atoms with Crippen LogP contribution in [0.3, 0.4) is 0 Å². The minimum Gasteiger partial charge on any atom is -0.460 e. The first-order chi connectivity index (χ1) is 10.5. The van der Waals surface area contributed by atoms with Crippen LogP contribution in [0.4, 0.5) is 0 Å². The number of aromatic nitrogens is 1. The van der Waals surface area contributed by atoms with Crippen molar-refractivity contribution < 1.29 is 29.9 Å². The minimum absolute atomic E-state index is 0.456. The van der Waals surface area contributed by atoms with E-state index in [1.54, 1.807) is 6.20 Å². The summed E-state index contributed by atoms with van der Waals surface area (Å²) in [5.41, 5.74) is 0.861. The Morgan fingerprint density at radius 2 is 1.95 bits per heavy atom. The Hall–Kier alpha value is -0.910.